The summed E-state index contributed by atoms with van der Waals surface area (Å²) in [5.41, 5.74) is 2.61. The molecule has 0 amide bonds. The van der Waals surface area contributed by atoms with Crippen LogP contribution in [0.2, 0.25) is 0 Å². The maximum Gasteiger partial charge on any atom is 0.173 e. The number of hydrogen-bond donors (Lipinski definition) is 0. The summed E-state index contributed by atoms with van der Waals surface area (Å²) in [4.78, 5) is 2.54. The first-order valence-electron chi connectivity index (χ1n) is 8.91. The van der Waals surface area contributed by atoms with E-state index in [1.54, 1.807) is 0 Å². The fourth-order valence-corrected chi connectivity index (χ4v) is 4.06. The molecular formula is C18H25N5. The summed E-state index contributed by atoms with van der Waals surface area (Å²) < 4.78 is 2.12. The van der Waals surface area contributed by atoms with Gasteiger partial charge in [0, 0.05) is 0 Å². The van der Waals surface area contributed by atoms with Crippen molar-refractivity contribution >= 4 is 0 Å². The van der Waals surface area contributed by atoms with Crippen LogP contribution in [0.5, 0.6) is 0 Å². The van der Waals surface area contributed by atoms with Gasteiger partial charge in [-0.1, -0.05) is 42.7 Å². The Morgan fingerprint density at radius 1 is 1.00 bits per heavy atom. The van der Waals surface area contributed by atoms with Crippen LogP contribution in [0.15, 0.2) is 24.3 Å². The van der Waals surface area contributed by atoms with Crippen molar-refractivity contribution < 1.29 is 0 Å². The van der Waals surface area contributed by atoms with Gasteiger partial charge in [-0.15, -0.1) is 5.10 Å². The maximum absolute atomic E-state index is 4.46. The van der Waals surface area contributed by atoms with Gasteiger partial charge in [-0.3, -0.25) is 4.90 Å². The first-order chi connectivity index (χ1) is 11.3. The van der Waals surface area contributed by atoms with Gasteiger partial charge in [-0.05, 0) is 61.7 Å². The predicted octanol–water partition coefficient (Wildman–Crippen LogP) is 3.28. The van der Waals surface area contributed by atoms with Gasteiger partial charge in [-0.25, -0.2) is 4.68 Å². The highest BCUT2D eigenvalue weighted by atomic mass is 15.6. The lowest BCUT2D eigenvalue weighted by Gasteiger charge is -2.28. The second-order valence-corrected chi connectivity index (χ2v) is 6.98. The van der Waals surface area contributed by atoms with Gasteiger partial charge in [0.1, 0.15) is 0 Å². The van der Waals surface area contributed by atoms with E-state index in [4.69, 9.17) is 0 Å². The molecule has 1 saturated carbocycles. The molecule has 2 heterocycles. The molecule has 1 aromatic carbocycles. The molecule has 2 fully saturated rings. The Bertz CT molecular complexity index is 636. The molecule has 0 spiro atoms. The van der Waals surface area contributed by atoms with Crippen molar-refractivity contribution in [2.75, 3.05) is 13.1 Å². The van der Waals surface area contributed by atoms with E-state index >= 15 is 0 Å². The molecule has 1 saturated heterocycles. The van der Waals surface area contributed by atoms with Crippen LogP contribution in [0.3, 0.4) is 0 Å². The Hall–Kier alpha value is -1.75. The van der Waals surface area contributed by atoms with E-state index in [0.29, 0.717) is 6.04 Å². The Balaban J connectivity index is 1.73. The van der Waals surface area contributed by atoms with Crippen LogP contribution in [0, 0.1) is 6.92 Å². The summed E-state index contributed by atoms with van der Waals surface area (Å²) in [6, 6.07) is 9.55. The van der Waals surface area contributed by atoms with Gasteiger partial charge in [0.2, 0.25) is 0 Å². The van der Waals surface area contributed by atoms with E-state index in [2.05, 4.69) is 56.3 Å². The summed E-state index contributed by atoms with van der Waals surface area (Å²) in [5, 5.41) is 12.9. The molecule has 0 N–H and O–H groups in total. The first kappa shape index (κ1) is 14.8. The zero-order valence-electron chi connectivity index (χ0n) is 13.9. The lowest BCUT2D eigenvalue weighted by atomic mass is 10.0. The second-order valence-electron chi connectivity index (χ2n) is 6.98. The monoisotopic (exact) mass is 311 g/mol. The highest BCUT2D eigenvalue weighted by Crippen LogP contribution is 2.35. The van der Waals surface area contributed by atoms with Crippen LogP contribution in [-0.2, 0) is 0 Å². The minimum absolute atomic E-state index is 0.189. The van der Waals surface area contributed by atoms with Gasteiger partial charge >= 0.3 is 0 Å². The SMILES string of the molecule is Cc1ccc([C@@H](c2nnnn2C2CCCC2)N2CCCC2)cc1. The van der Waals surface area contributed by atoms with Crippen LogP contribution in [0.25, 0.3) is 0 Å². The molecule has 2 aromatic rings. The summed E-state index contributed by atoms with van der Waals surface area (Å²) in [6.07, 6.45) is 7.55. The topological polar surface area (TPSA) is 46.8 Å². The number of likely N-dealkylation sites (tertiary alicyclic amines) is 1. The molecular weight excluding hydrogens is 286 g/mol. The number of rotatable bonds is 4. The zero-order chi connectivity index (χ0) is 15.6. The van der Waals surface area contributed by atoms with Crippen molar-refractivity contribution in [2.45, 2.75) is 57.5 Å². The van der Waals surface area contributed by atoms with Gasteiger partial charge in [0.05, 0.1) is 12.1 Å². The van der Waals surface area contributed by atoms with Crippen molar-refractivity contribution in [3.8, 4) is 0 Å². The summed E-state index contributed by atoms with van der Waals surface area (Å²) in [5.74, 6) is 1.03. The third-order valence-corrected chi connectivity index (χ3v) is 5.33. The fourth-order valence-electron chi connectivity index (χ4n) is 4.06. The Morgan fingerprint density at radius 3 is 2.39 bits per heavy atom. The number of hydrogen-bond acceptors (Lipinski definition) is 4. The van der Waals surface area contributed by atoms with Gasteiger partial charge in [-0.2, -0.15) is 0 Å². The highest BCUT2D eigenvalue weighted by Gasteiger charge is 2.32. The molecule has 1 aromatic heterocycles. The van der Waals surface area contributed by atoms with E-state index < -0.39 is 0 Å². The van der Waals surface area contributed by atoms with Gasteiger partial charge in [0.15, 0.2) is 5.82 Å². The maximum atomic E-state index is 4.46. The van der Waals surface area contributed by atoms with Crippen LogP contribution in [0.4, 0.5) is 0 Å². The minimum atomic E-state index is 0.189. The molecule has 1 aliphatic heterocycles. The predicted molar refractivity (Wildman–Crippen MR) is 89.2 cm³/mol. The molecule has 1 atom stereocenters. The molecule has 1 aliphatic carbocycles. The van der Waals surface area contributed by atoms with Crippen molar-refractivity contribution in [2.24, 2.45) is 0 Å². The van der Waals surface area contributed by atoms with Crippen LogP contribution < -0.4 is 0 Å². The lowest BCUT2D eigenvalue weighted by Crippen LogP contribution is -2.30. The molecule has 4 rings (SSSR count). The molecule has 0 unspecified atom stereocenters. The van der Waals surface area contributed by atoms with Crippen LogP contribution in [-0.4, -0.2) is 38.2 Å². The average Bonchev–Trinajstić information content (AvgIpc) is 3.32. The normalized spacial score (nSPS) is 21.1. The number of nitrogens with zero attached hydrogens (tertiary/aromatic N) is 5. The Labute approximate surface area is 137 Å². The summed E-state index contributed by atoms with van der Waals surface area (Å²) >= 11 is 0. The van der Waals surface area contributed by atoms with Crippen molar-refractivity contribution in [3.05, 3.63) is 41.2 Å². The highest BCUT2D eigenvalue weighted by molar-refractivity contribution is 5.28. The van der Waals surface area contributed by atoms with E-state index in [9.17, 15) is 0 Å². The zero-order valence-corrected chi connectivity index (χ0v) is 13.9. The fraction of sp³-hybridized carbons (Fsp3) is 0.611. The number of aryl methyl sites for hydroxylation is 1. The third kappa shape index (κ3) is 2.90. The van der Waals surface area contributed by atoms with E-state index in [0.717, 1.165) is 18.9 Å². The molecule has 2 aliphatic rings. The number of tetrazole rings is 1. The molecule has 122 valence electrons. The first-order valence-corrected chi connectivity index (χ1v) is 8.91. The number of benzene rings is 1. The summed E-state index contributed by atoms with van der Waals surface area (Å²) in [7, 11) is 0. The average molecular weight is 311 g/mol. The van der Waals surface area contributed by atoms with E-state index in [-0.39, 0.29) is 6.04 Å². The van der Waals surface area contributed by atoms with Crippen molar-refractivity contribution in [1.29, 1.82) is 0 Å². The summed E-state index contributed by atoms with van der Waals surface area (Å²) in [6.45, 7) is 4.41. The van der Waals surface area contributed by atoms with Crippen LogP contribution >= 0.6 is 0 Å². The number of aromatic nitrogens is 4. The molecule has 0 radical (unpaired) electrons. The quantitative estimate of drug-likeness (QED) is 0.869. The third-order valence-electron chi connectivity index (χ3n) is 5.33. The molecule has 0 bridgehead atoms. The van der Waals surface area contributed by atoms with E-state index in [1.165, 1.54) is 49.7 Å². The smallest absolute Gasteiger partial charge is 0.173 e. The molecule has 5 nitrogen and oxygen atoms in total. The minimum Gasteiger partial charge on any atom is -0.290 e. The van der Waals surface area contributed by atoms with Crippen molar-refractivity contribution in [3.63, 3.8) is 0 Å². The molecule has 23 heavy (non-hydrogen) atoms. The Kier molecular flexibility index (Phi) is 4.12. The van der Waals surface area contributed by atoms with Gasteiger partial charge in [0.25, 0.3) is 0 Å². The van der Waals surface area contributed by atoms with Crippen molar-refractivity contribution in [1.82, 2.24) is 25.1 Å². The van der Waals surface area contributed by atoms with Gasteiger partial charge < -0.3 is 0 Å². The standard InChI is InChI=1S/C18H25N5/c1-14-8-10-15(11-9-14)17(22-12-4-5-13-22)18-19-20-21-23(18)16-6-2-3-7-16/h8-11,16-17H,2-7,12-13H2,1H3/t17-/m0/s1. The largest absolute Gasteiger partial charge is 0.290 e. The lowest BCUT2D eigenvalue weighted by molar-refractivity contribution is 0.257. The Morgan fingerprint density at radius 2 is 1.70 bits per heavy atom. The second kappa shape index (κ2) is 6.40. The van der Waals surface area contributed by atoms with Crippen LogP contribution in [0.1, 0.15) is 67.6 Å². The molecule has 5 heteroatoms. The van der Waals surface area contributed by atoms with E-state index in [1.807, 2.05) is 0 Å².